The van der Waals surface area contributed by atoms with E-state index < -0.39 is 0 Å². The molecule has 1 amide bonds. The minimum absolute atomic E-state index is 0.322. The molecule has 3 heteroatoms. The molecule has 0 spiro atoms. The second kappa shape index (κ2) is 6.89. The van der Waals surface area contributed by atoms with Crippen LogP contribution in [-0.4, -0.2) is 37.5 Å². The summed E-state index contributed by atoms with van der Waals surface area (Å²) < 4.78 is 0. The molecule has 94 valence electrons. The third-order valence-electron chi connectivity index (χ3n) is 3.27. The first kappa shape index (κ1) is 13.5. The minimum atomic E-state index is 0.322. The van der Waals surface area contributed by atoms with Gasteiger partial charge >= 0.3 is 0 Å². The molecule has 1 N–H and O–H groups in total. The van der Waals surface area contributed by atoms with Crippen LogP contribution in [0.4, 0.5) is 0 Å². The van der Waals surface area contributed by atoms with E-state index in [4.69, 9.17) is 0 Å². The van der Waals surface area contributed by atoms with Crippen LogP contribution in [0.5, 0.6) is 0 Å². The first-order chi connectivity index (χ1) is 7.63. The fraction of sp³-hybridized carbons (Fsp3) is 0.923. The van der Waals surface area contributed by atoms with E-state index in [1.165, 1.54) is 19.3 Å². The quantitative estimate of drug-likeness (QED) is 0.776. The number of amides is 1. The molecule has 0 aliphatic carbocycles. The molecule has 1 fully saturated rings. The maximum Gasteiger partial charge on any atom is 0.223 e. The van der Waals surface area contributed by atoms with Crippen molar-refractivity contribution in [1.82, 2.24) is 10.2 Å². The molecule has 0 bridgehead atoms. The van der Waals surface area contributed by atoms with E-state index in [9.17, 15) is 4.79 Å². The highest BCUT2D eigenvalue weighted by Gasteiger charge is 2.23. The summed E-state index contributed by atoms with van der Waals surface area (Å²) in [5.74, 6) is 1.80. The number of hydrogen-bond acceptors (Lipinski definition) is 2. The van der Waals surface area contributed by atoms with Gasteiger partial charge in [0.05, 0.1) is 0 Å². The lowest BCUT2D eigenvalue weighted by Crippen LogP contribution is -2.41. The summed E-state index contributed by atoms with van der Waals surface area (Å²) in [7, 11) is 1.89. The molecule has 3 nitrogen and oxygen atoms in total. The van der Waals surface area contributed by atoms with Gasteiger partial charge in [0.2, 0.25) is 5.91 Å². The van der Waals surface area contributed by atoms with Crippen LogP contribution in [0.15, 0.2) is 0 Å². The summed E-state index contributed by atoms with van der Waals surface area (Å²) in [6, 6.07) is 0. The molecule has 0 aromatic heterocycles. The van der Waals surface area contributed by atoms with Gasteiger partial charge in [-0.05, 0) is 38.1 Å². The van der Waals surface area contributed by atoms with Crippen molar-refractivity contribution in [3.05, 3.63) is 0 Å². The van der Waals surface area contributed by atoms with Crippen LogP contribution in [0, 0.1) is 11.8 Å². The second-order valence-corrected chi connectivity index (χ2v) is 5.33. The molecular formula is C13H26N2O. The molecule has 0 saturated carbocycles. The van der Waals surface area contributed by atoms with Gasteiger partial charge in [-0.1, -0.05) is 13.8 Å². The Morgan fingerprint density at radius 1 is 1.50 bits per heavy atom. The average molecular weight is 226 g/mol. The van der Waals surface area contributed by atoms with Gasteiger partial charge in [-0.2, -0.15) is 0 Å². The second-order valence-electron chi connectivity index (χ2n) is 5.33. The molecule has 1 saturated heterocycles. The Morgan fingerprint density at radius 2 is 2.25 bits per heavy atom. The summed E-state index contributed by atoms with van der Waals surface area (Å²) >= 11 is 0. The Bertz CT molecular complexity index is 216. The molecule has 1 rings (SSSR count). The fourth-order valence-corrected chi connectivity index (χ4v) is 2.54. The monoisotopic (exact) mass is 226 g/mol. The number of piperidine rings is 1. The lowest BCUT2D eigenvalue weighted by molar-refractivity contribution is -0.133. The van der Waals surface area contributed by atoms with Crippen molar-refractivity contribution >= 4 is 5.91 Å². The Kier molecular flexibility index (Phi) is 5.81. The Labute approximate surface area is 99.6 Å². The summed E-state index contributed by atoms with van der Waals surface area (Å²) in [6.07, 6.45) is 4.39. The van der Waals surface area contributed by atoms with Gasteiger partial charge in [0, 0.05) is 26.1 Å². The first-order valence-electron chi connectivity index (χ1n) is 6.55. The van der Waals surface area contributed by atoms with E-state index >= 15 is 0 Å². The minimum Gasteiger partial charge on any atom is -0.342 e. The van der Waals surface area contributed by atoms with E-state index in [-0.39, 0.29) is 0 Å². The molecular weight excluding hydrogens is 200 g/mol. The third-order valence-corrected chi connectivity index (χ3v) is 3.27. The average Bonchev–Trinajstić information content (AvgIpc) is 2.25. The summed E-state index contributed by atoms with van der Waals surface area (Å²) in [5.41, 5.74) is 0. The molecule has 1 aliphatic heterocycles. The standard InChI is InChI=1S/C13H26N2O/c1-11(2)9-12-5-4-8-15(10-12)13(16)6-7-14-3/h11-12,14H,4-10H2,1-3H3. The topological polar surface area (TPSA) is 32.3 Å². The smallest absolute Gasteiger partial charge is 0.223 e. The predicted molar refractivity (Wildman–Crippen MR) is 67.3 cm³/mol. The first-order valence-corrected chi connectivity index (χ1v) is 6.55. The fourth-order valence-electron chi connectivity index (χ4n) is 2.54. The molecule has 0 radical (unpaired) electrons. The number of nitrogens with one attached hydrogen (secondary N) is 1. The van der Waals surface area contributed by atoms with Gasteiger partial charge in [0.1, 0.15) is 0 Å². The van der Waals surface area contributed by atoms with E-state index in [2.05, 4.69) is 24.1 Å². The van der Waals surface area contributed by atoms with Gasteiger partial charge in [0.15, 0.2) is 0 Å². The van der Waals surface area contributed by atoms with Crippen molar-refractivity contribution < 1.29 is 4.79 Å². The molecule has 1 heterocycles. The summed E-state index contributed by atoms with van der Waals surface area (Å²) in [6.45, 7) is 7.28. The molecule has 0 aromatic carbocycles. The van der Waals surface area contributed by atoms with Crippen LogP contribution in [0.1, 0.15) is 39.5 Å². The van der Waals surface area contributed by atoms with Crippen molar-refractivity contribution in [1.29, 1.82) is 0 Å². The van der Waals surface area contributed by atoms with Crippen LogP contribution in [0.2, 0.25) is 0 Å². The van der Waals surface area contributed by atoms with Gasteiger partial charge in [-0.15, -0.1) is 0 Å². The van der Waals surface area contributed by atoms with Crippen molar-refractivity contribution in [3.8, 4) is 0 Å². The van der Waals surface area contributed by atoms with Crippen molar-refractivity contribution in [2.24, 2.45) is 11.8 Å². The summed E-state index contributed by atoms with van der Waals surface area (Å²) in [5, 5.41) is 3.03. The van der Waals surface area contributed by atoms with Crippen LogP contribution in [-0.2, 0) is 4.79 Å². The highest BCUT2D eigenvalue weighted by Crippen LogP contribution is 2.23. The highest BCUT2D eigenvalue weighted by atomic mass is 16.2. The maximum absolute atomic E-state index is 11.9. The van der Waals surface area contributed by atoms with Gasteiger partial charge < -0.3 is 10.2 Å². The molecule has 0 aromatic rings. The SMILES string of the molecule is CNCCC(=O)N1CCCC(CC(C)C)C1. The van der Waals surface area contributed by atoms with Gasteiger partial charge in [-0.3, -0.25) is 4.79 Å². The number of hydrogen-bond donors (Lipinski definition) is 1. The maximum atomic E-state index is 11.9. The van der Waals surface area contributed by atoms with Crippen LogP contribution >= 0.6 is 0 Å². The van der Waals surface area contributed by atoms with E-state index in [1.54, 1.807) is 0 Å². The number of carbonyl (C=O) groups is 1. The third kappa shape index (κ3) is 4.52. The zero-order valence-electron chi connectivity index (χ0n) is 11.0. The van der Waals surface area contributed by atoms with Gasteiger partial charge in [0.25, 0.3) is 0 Å². The van der Waals surface area contributed by atoms with Gasteiger partial charge in [-0.25, -0.2) is 0 Å². The number of nitrogens with zero attached hydrogens (tertiary/aromatic N) is 1. The zero-order chi connectivity index (χ0) is 12.0. The van der Waals surface area contributed by atoms with E-state index in [1.807, 2.05) is 7.05 Å². The molecule has 16 heavy (non-hydrogen) atoms. The predicted octanol–water partition coefficient (Wildman–Crippen LogP) is 1.88. The number of carbonyl (C=O) groups excluding carboxylic acids is 1. The summed E-state index contributed by atoms with van der Waals surface area (Å²) in [4.78, 5) is 13.9. The number of rotatable bonds is 5. The molecule has 1 aliphatic rings. The molecule has 1 atom stereocenters. The van der Waals surface area contributed by atoms with Crippen molar-refractivity contribution in [2.75, 3.05) is 26.7 Å². The van der Waals surface area contributed by atoms with Crippen LogP contribution < -0.4 is 5.32 Å². The normalized spacial score (nSPS) is 21.5. The van der Waals surface area contributed by atoms with Crippen LogP contribution in [0.3, 0.4) is 0 Å². The largest absolute Gasteiger partial charge is 0.342 e. The van der Waals surface area contributed by atoms with E-state index in [0.717, 1.165) is 31.5 Å². The molecule has 1 unspecified atom stereocenters. The lowest BCUT2D eigenvalue weighted by atomic mass is 9.89. The Balaban J connectivity index is 2.34. The Morgan fingerprint density at radius 3 is 2.88 bits per heavy atom. The van der Waals surface area contributed by atoms with Crippen LogP contribution in [0.25, 0.3) is 0 Å². The zero-order valence-corrected chi connectivity index (χ0v) is 11.0. The van der Waals surface area contributed by atoms with Crippen molar-refractivity contribution in [2.45, 2.75) is 39.5 Å². The lowest BCUT2D eigenvalue weighted by Gasteiger charge is -2.33. The van der Waals surface area contributed by atoms with Crippen molar-refractivity contribution in [3.63, 3.8) is 0 Å². The van der Waals surface area contributed by atoms with E-state index in [0.29, 0.717) is 12.3 Å². The highest BCUT2D eigenvalue weighted by molar-refractivity contribution is 5.76. The Hall–Kier alpha value is -0.570. The number of likely N-dealkylation sites (tertiary alicyclic amines) is 1.